The largest absolute Gasteiger partial charge is 0.285 e. The molecule has 0 saturated carbocycles. The van der Waals surface area contributed by atoms with Crippen molar-refractivity contribution in [1.29, 1.82) is 0 Å². The van der Waals surface area contributed by atoms with Crippen molar-refractivity contribution in [2.24, 2.45) is 0 Å². The SMILES string of the molecule is CC1C=CCc2c1c(=O)c2=O. The van der Waals surface area contributed by atoms with Crippen LogP contribution in [0.25, 0.3) is 0 Å². The van der Waals surface area contributed by atoms with E-state index in [1.165, 1.54) is 0 Å². The lowest BCUT2D eigenvalue weighted by molar-refractivity contribution is 0.860. The first-order valence-electron chi connectivity index (χ1n) is 3.70. The minimum Gasteiger partial charge on any atom is -0.285 e. The molecule has 0 fully saturated rings. The van der Waals surface area contributed by atoms with Crippen molar-refractivity contribution in [3.63, 3.8) is 0 Å². The lowest BCUT2D eigenvalue weighted by Gasteiger charge is -2.17. The van der Waals surface area contributed by atoms with Gasteiger partial charge in [-0.25, -0.2) is 0 Å². The highest BCUT2D eigenvalue weighted by atomic mass is 16.2. The van der Waals surface area contributed by atoms with E-state index in [9.17, 15) is 9.59 Å². The molecule has 0 aromatic heterocycles. The van der Waals surface area contributed by atoms with Gasteiger partial charge in [0.15, 0.2) is 0 Å². The van der Waals surface area contributed by atoms with Gasteiger partial charge in [0.25, 0.3) is 0 Å². The molecule has 1 atom stereocenters. The molecule has 0 radical (unpaired) electrons. The summed E-state index contributed by atoms with van der Waals surface area (Å²) >= 11 is 0. The Kier molecular flexibility index (Phi) is 1.13. The number of fused-ring (bicyclic) bond motifs is 1. The van der Waals surface area contributed by atoms with Crippen molar-refractivity contribution >= 4 is 0 Å². The highest BCUT2D eigenvalue weighted by Gasteiger charge is 2.24. The molecular weight excluding hydrogens is 140 g/mol. The lowest BCUT2D eigenvalue weighted by Crippen LogP contribution is -2.41. The third-order valence-electron chi connectivity index (χ3n) is 2.25. The number of allylic oxidation sites excluding steroid dienone is 2. The zero-order chi connectivity index (χ0) is 8.01. The molecule has 11 heavy (non-hydrogen) atoms. The fraction of sp³-hybridized carbons (Fsp3) is 0.333. The van der Waals surface area contributed by atoms with E-state index in [2.05, 4.69) is 0 Å². The maximum Gasteiger partial charge on any atom is 0.230 e. The Morgan fingerprint density at radius 2 is 2.09 bits per heavy atom. The van der Waals surface area contributed by atoms with Gasteiger partial charge in [-0.05, 0) is 6.42 Å². The molecule has 1 aliphatic rings. The van der Waals surface area contributed by atoms with Crippen LogP contribution in [0.5, 0.6) is 0 Å². The van der Waals surface area contributed by atoms with Crippen molar-refractivity contribution in [2.45, 2.75) is 19.3 Å². The predicted molar refractivity (Wildman–Crippen MR) is 42.6 cm³/mol. The van der Waals surface area contributed by atoms with Crippen molar-refractivity contribution in [3.05, 3.63) is 43.7 Å². The summed E-state index contributed by atoms with van der Waals surface area (Å²) in [5.41, 5.74) is 0.954. The third kappa shape index (κ3) is 0.666. The van der Waals surface area contributed by atoms with Gasteiger partial charge in [-0.2, -0.15) is 0 Å². The summed E-state index contributed by atoms with van der Waals surface area (Å²) in [7, 11) is 0. The lowest BCUT2D eigenvalue weighted by atomic mass is 9.84. The molecule has 2 rings (SSSR count). The van der Waals surface area contributed by atoms with Gasteiger partial charge in [-0.15, -0.1) is 0 Å². The molecule has 56 valence electrons. The predicted octanol–water partition coefficient (Wildman–Crippen LogP) is 0.498. The van der Waals surface area contributed by atoms with Crippen LogP contribution in [-0.4, -0.2) is 0 Å². The molecule has 2 nitrogen and oxygen atoms in total. The summed E-state index contributed by atoms with van der Waals surface area (Å²) < 4.78 is 0. The summed E-state index contributed by atoms with van der Waals surface area (Å²) in [5, 5.41) is 0. The van der Waals surface area contributed by atoms with Crippen molar-refractivity contribution in [3.8, 4) is 0 Å². The van der Waals surface area contributed by atoms with Gasteiger partial charge in [-0.3, -0.25) is 9.59 Å². The molecule has 1 aromatic rings. The van der Waals surface area contributed by atoms with Gasteiger partial charge in [0, 0.05) is 17.0 Å². The average Bonchev–Trinajstić information content (AvgIpc) is 2.03. The van der Waals surface area contributed by atoms with Crippen LogP contribution in [0.4, 0.5) is 0 Å². The van der Waals surface area contributed by atoms with Gasteiger partial charge in [0.05, 0.1) is 0 Å². The van der Waals surface area contributed by atoms with Crippen LogP contribution in [0.1, 0.15) is 24.0 Å². The van der Waals surface area contributed by atoms with E-state index in [0.717, 1.165) is 11.1 Å². The minimum atomic E-state index is -0.267. The Labute approximate surface area is 63.9 Å². The maximum atomic E-state index is 11.0. The number of hydrogen-bond acceptors (Lipinski definition) is 2. The van der Waals surface area contributed by atoms with E-state index in [1.807, 2.05) is 19.1 Å². The molecule has 2 heteroatoms. The van der Waals surface area contributed by atoms with E-state index >= 15 is 0 Å². The highest BCUT2D eigenvalue weighted by Crippen LogP contribution is 2.21. The average molecular weight is 148 g/mol. The Hall–Kier alpha value is -1.18. The van der Waals surface area contributed by atoms with E-state index < -0.39 is 0 Å². The van der Waals surface area contributed by atoms with Crippen LogP contribution < -0.4 is 10.9 Å². The fourth-order valence-electron chi connectivity index (χ4n) is 1.63. The molecule has 1 aromatic carbocycles. The molecule has 0 heterocycles. The zero-order valence-electron chi connectivity index (χ0n) is 6.26. The summed E-state index contributed by atoms with van der Waals surface area (Å²) in [5.74, 6) is 0.156. The molecule has 0 N–H and O–H groups in total. The third-order valence-corrected chi connectivity index (χ3v) is 2.25. The molecule has 0 spiro atoms. The number of hydrogen-bond donors (Lipinski definition) is 0. The first-order chi connectivity index (χ1) is 5.22. The van der Waals surface area contributed by atoms with E-state index in [0.29, 0.717) is 6.42 Å². The van der Waals surface area contributed by atoms with Crippen LogP contribution in [0.3, 0.4) is 0 Å². The Morgan fingerprint density at radius 3 is 2.73 bits per heavy atom. The van der Waals surface area contributed by atoms with Crippen molar-refractivity contribution < 1.29 is 0 Å². The van der Waals surface area contributed by atoms with E-state index in [4.69, 9.17) is 0 Å². The Balaban J connectivity index is 2.63. The second-order valence-corrected chi connectivity index (χ2v) is 2.97. The summed E-state index contributed by atoms with van der Waals surface area (Å²) in [4.78, 5) is 21.9. The van der Waals surface area contributed by atoms with Crippen LogP contribution in [-0.2, 0) is 6.42 Å². The van der Waals surface area contributed by atoms with Gasteiger partial charge in [0.1, 0.15) is 0 Å². The van der Waals surface area contributed by atoms with Crippen molar-refractivity contribution in [2.75, 3.05) is 0 Å². The monoisotopic (exact) mass is 148 g/mol. The first-order valence-corrected chi connectivity index (χ1v) is 3.70. The van der Waals surface area contributed by atoms with Gasteiger partial charge in [-0.1, -0.05) is 19.1 Å². The molecular formula is C9H8O2. The van der Waals surface area contributed by atoms with Crippen LogP contribution in [0.2, 0.25) is 0 Å². The van der Waals surface area contributed by atoms with Gasteiger partial charge in [0.2, 0.25) is 10.9 Å². The molecule has 1 aliphatic carbocycles. The summed E-state index contributed by atoms with van der Waals surface area (Å²) in [6.07, 6.45) is 4.58. The second-order valence-electron chi connectivity index (χ2n) is 2.97. The second kappa shape index (κ2) is 1.91. The molecule has 0 bridgehead atoms. The molecule has 0 aliphatic heterocycles. The highest BCUT2D eigenvalue weighted by molar-refractivity contribution is 5.41. The Bertz CT molecular complexity index is 392. The van der Waals surface area contributed by atoms with Crippen LogP contribution in [0, 0.1) is 0 Å². The van der Waals surface area contributed by atoms with Crippen LogP contribution >= 0.6 is 0 Å². The quantitative estimate of drug-likeness (QED) is 0.396. The smallest absolute Gasteiger partial charge is 0.230 e. The first kappa shape index (κ1) is 6.53. The van der Waals surface area contributed by atoms with Gasteiger partial charge < -0.3 is 0 Å². The maximum absolute atomic E-state index is 11.0. The van der Waals surface area contributed by atoms with Crippen molar-refractivity contribution in [1.82, 2.24) is 0 Å². The topological polar surface area (TPSA) is 34.1 Å². The standard InChI is InChI=1S/C9H8O2/c1-5-3-2-4-6-7(5)9(11)8(6)10/h2-3,5H,4H2,1H3. The summed E-state index contributed by atoms with van der Waals surface area (Å²) in [6, 6.07) is 0. The summed E-state index contributed by atoms with van der Waals surface area (Å²) in [6.45, 7) is 1.94. The molecule has 1 unspecified atom stereocenters. The minimum absolute atomic E-state index is 0.156. The fourth-order valence-corrected chi connectivity index (χ4v) is 1.63. The van der Waals surface area contributed by atoms with Crippen LogP contribution in [0.15, 0.2) is 21.7 Å². The Morgan fingerprint density at radius 1 is 1.36 bits per heavy atom. The molecule has 0 saturated heterocycles. The normalized spacial score (nSPS) is 22.1. The zero-order valence-corrected chi connectivity index (χ0v) is 6.26. The number of rotatable bonds is 0. The molecule has 0 amide bonds. The van der Waals surface area contributed by atoms with E-state index in [1.54, 1.807) is 0 Å². The van der Waals surface area contributed by atoms with Gasteiger partial charge >= 0.3 is 0 Å². The van der Waals surface area contributed by atoms with E-state index in [-0.39, 0.29) is 16.8 Å².